The van der Waals surface area contributed by atoms with Crippen molar-refractivity contribution in [3.8, 4) is 5.75 Å². The van der Waals surface area contributed by atoms with Gasteiger partial charge in [-0.05, 0) is 37.5 Å². The molecule has 2 rings (SSSR count). The van der Waals surface area contributed by atoms with Crippen LogP contribution >= 0.6 is 0 Å². The van der Waals surface area contributed by atoms with Crippen molar-refractivity contribution < 1.29 is 19.1 Å². The maximum absolute atomic E-state index is 12.6. The van der Waals surface area contributed by atoms with Gasteiger partial charge in [0.1, 0.15) is 5.75 Å². The fraction of sp³-hybridized carbons (Fsp3) is 0.556. The normalized spacial score (nSPS) is 14.9. The van der Waals surface area contributed by atoms with Gasteiger partial charge in [-0.1, -0.05) is 19.1 Å². The zero-order valence-corrected chi connectivity index (χ0v) is 14.1. The number of methoxy groups -OCH3 is 1. The Morgan fingerprint density at radius 2 is 1.91 bits per heavy atom. The summed E-state index contributed by atoms with van der Waals surface area (Å²) >= 11 is 0. The van der Waals surface area contributed by atoms with Crippen LogP contribution in [0.25, 0.3) is 0 Å². The lowest BCUT2D eigenvalue weighted by atomic mass is 10.1. The van der Waals surface area contributed by atoms with Gasteiger partial charge in [0.2, 0.25) is 5.91 Å². The van der Waals surface area contributed by atoms with Gasteiger partial charge in [0.05, 0.1) is 26.1 Å². The number of benzene rings is 1. The van der Waals surface area contributed by atoms with Crippen LogP contribution in [-0.4, -0.2) is 43.1 Å². The number of carbonyl (C=O) groups excluding carboxylic acids is 2. The van der Waals surface area contributed by atoms with Gasteiger partial charge in [-0.25, -0.2) is 0 Å². The van der Waals surface area contributed by atoms with Crippen molar-refractivity contribution in [3.05, 3.63) is 29.8 Å². The Kier molecular flexibility index (Phi) is 6.02. The number of nitrogens with zero attached hydrogens (tertiary/aromatic N) is 1. The molecule has 1 fully saturated rings. The van der Waals surface area contributed by atoms with Gasteiger partial charge >= 0.3 is 5.97 Å². The Hall–Kier alpha value is -2.04. The Balaban J connectivity index is 1.96. The minimum absolute atomic E-state index is 0.0637. The number of ether oxygens (including phenoxy) is 2. The maximum Gasteiger partial charge on any atom is 0.310 e. The molecule has 0 aliphatic heterocycles. The molecule has 0 aromatic heterocycles. The third kappa shape index (κ3) is 4.98. The SMILES string of the molecule is CCOC(=O)C(C)CN(C(=O)Cc1ccc(OC)cc1)C1CC1. The van der Waals surface area contributed by atoms with Crippen molar-refractivity contribution in [1.29, 1.82) is 0 Å². The molecule has 0 heterocycles. The highest BCUT2D eigenvalue weighted by Gasteiger charge is 2.34. The van der Waals surface area contributed by atoms with Gasteiger partial charge in [0.25, 0.3) is 0 Å². The summed E-state index contributed by atoms with van der Waals surface area (Å²) in [6, 6.07) is 7.78. The molecule has 5 nitrogen and oxygen atoms in total. The Bertz CT molecular complexity index is 536. The minimum atomic E-state index is -0.296. The molecule has 1 aliphatic rings. The van der Waals surface area contributed by atoms with Crippen LogP contribution in [0.1, 0.15) is 32.3 Å². The van der Waals surface area contributed by atoms with E-state index in [4.69, 9.17) is 9.47 Å². The molecule has 1 unspecified atom stereocenters. The van der Waals surface area contributed by atoms with E-state index in [-0.39, 0.29) is 23.8 Å². The van der Waals surface area contributed by atoms with Crippen LogP contribution in [0.4, 0.5) is 0 Å². The molecule has 0 radical (unpaired) electrons. The number of rotatable bonds is 8. The summed E-state index contributed by atoms with van der Waals surface area (Å²) in [5, 5.41) is 0. The highest BCUT2D eigenvalue weighted by atomic mass is 16.5. The van der Waals surface area contributed by atoms with Crippen LogP contribution in [0.5, 0.6) is 5.75 Å². The molecule has 126 valence electrons. The second kappa shape index (κ2) is 7.99. The van der Waals surface area contributed by atoms with Crippen molar-refractivity contribution in [2.24, 2.45) is 5.92 Å². The lowest BCUT2D eigenvalue weighted by molar-refractivity contribution is -0.148. The van der Waals surface area contributed by atoms with Crippen molar-refractivity contribution >= 4 is 11.9 Å². The molecule has 0 saturated heterocycles. The summed E-state index contributed by atoms with van der Waals surface area (Å²) in [6.07, 6.45) is 2.38. The predicted octanol–water partition coefficient (Wildman–Crippen LogP) is 2.43. The zero-order chi connectivity index (χ0) is 16.8. The first-order chi connectivity index (χ1) is 11.0. The molecule has 0 N–H and O–H groups in total. The van der Waals surface area contributed by atoms with E-state index in [0.717, 1.165) is 24.2 Å². The van der Waals surface area contributed by atoms with Crippen LogP contribution in [0.15, 0.2) is 24.3 Å². The average molecular weight is 319 g/mol. The van der Waals surface area contributed by atoms with Gasteiger partial charge < -0.3 is 14.4 Å². The fourth-order valence-corrected chi connectivity index (χ4v) is 2.51. The van der Waals surface area contributed by atoms with E-state index in [1.54, 1.807) is 14.0 Å². The Labute approximate surface area is 137 Å². The minimum Gasteiger partial charge on any atom is -0.497 e. The van der Waals surface area contributed by atoms with Crippen LogP contribution in [0, 0.1) is 5.92 Å². The summed E-state index contributed by atoms with van der Waals surface area (Å²) in [5.41, 5.74) is 0.949. The molecule has 1 saturated carbocycles. The number of hydrogen-bond donors (Lipinski definition) is 0. The standard InChI is InChI=1S/C18H25NO4/c1-4-23-18(21)13(2)12-19(15-7-8-15)17(20)11-14-5-9-16(22-3)10-6-14/h5-6,9-10,13,15H,4,7-8,11-12H2,1-3H3. The van der Waals surface area contributed by atoms with Crippen molar-refractivity contribution in [3.63, 3.8) is 0 Å². The zero-order valence-electron chi connectivity index (χ0n) is 14.1. The summed E-state index contributed by atoms with van der Waals surface area (Å²) < 4.78 is 10.2. The molecule has 5 heteroatoms. The van der Waals surface area contributed by atoms with E-state index in [2.05, 4.69) is 0 Å². The first-order valence-electron chi connectivity index (χ1n) is 8.14. The van der Waals surface area contributed by atoms with Crippen LogP contribution in [0.2, 0.25) is 0 Å². The second-order valence-electron chi connectivity index (χ2n) is 5.96. The first-order valence-corrected chi connectivity index (χ1v) is 8.14. The average Bonchev–Trinajstić information content (AvgIpc) is 3.38. The molecule has 1 aliphatic carbocycles. The monoisotopic (exact) mass is 319 g/mol. The largest absolute Gasteiger partial charge is 0.497 e. The summed E-state index contributed by atoms with van der Waals surface area (Å²) in [7, 11) is 1.62. The third-order valence-corrected chi connectivity index (χ3v) is 3.98. The van der Waals surface area contributed by atoms with Crippen LogP contribution < -0.4 is 4.74 Å². The number of carbonyl (C=O) groups is 2. The van der Waals surface area contributed by atoms with Crippen molar-refractivity contribution in [1.82, 2.24) is 4.90 Å². The second-order valence-corrected chi connectivity index (χ2v) is 5.96. The van der Waals surface area contributed by atoms with Gasteiger partial charge in [-0.2, -0.15) is 0 Å². The Morgan fingerprint density at radius 1 is 1.26 bits per heavy atom. The number of esters is 1. The summed E-state index contributed by atoms with van der Waals surface area (Å²) in [6.45, 7) is 4.40. The number of hydrogen-bond acceptors (Lipinski definition) is 4. The van der Waals surface area contributed by atoms with E-state index in [0.29, 0.717) is 19.6 Å². The highest BCUT2D eigenvalue weighted by Crippen LogP contribution is 2.28. The summed E-state index contributed by atoms with van der Waals surface area (Å²) in [5.74, 6) is 0.302. The maximum atomic E-state index is 12.6. The molecule has 0 bridgehead atoms. The van der Waals surface area contributed by atoms with Crippen molar-refractivity contribution in [2.75, 3.05) is 20.3 Å². The van der Waals surface area contributed by atoms with E-state index in [1.807, 2.05) is 36.1 Å². The third-order valence-electron chi connectivity index (χ3n) is 3.98. The highest BCUT2D eigenvalue weighted by molar-refractivity contribution is 5.80. The van der Waals surface area contributed by atoms with Gasteiger partial charge in [0.15, 0.2) is 0 Å². The molecule has 1 atom stereocenters. The molecule has 0 spiro atoms. The molecule has 23 heavy (non-hydrogen) atoms. The predicted molar refractivity (Wildman–Crippen MR) is 87.2 cm³/mol. The lowest BCUT2D eigenvalue weighted by Gasteiger charge is -2.25. The van der Waals surface area contributed by atoms with Crippen molar-refractivity contribution in [2.45, 2.75) is 39.2 Å². The smallest absolute Gasteiger partial charge is 0.310 e. The van der Waals surface area contributed by atoms with E-state index in [1.165, 1.54) is 0 Å². The summed E-state index contributed by atoms with van der Waals surface area (Å²) in [4.78, 5) is 26.2. The lowest BCUT2D eigenvalue weighted by Crippen LogP contribution is -2.39. The van der Waals surface area contributed by atoms with Gasteiger partial charge in [-0.3, -0.25) is 9.59 Å². The van der Waals surface area contributed by atoms with Crippen LogP contribution in [0.3, 0.4) is 0 Å². The van der Waals surface area contributed by atoms with Gasteiger partial charge in [0, 0.05) is 12.6 Å². The van der Waals surface area contributed by atoms with E-state index < -0.39 is 0 Å². The molecular weight excluding hydrogens is 294 g/mol. The van der Waals surface area contributed by atoms with E-state index >= 15 is 0 Å². The molecule has 1 aromatic carbocycles. The molecule has 1 amide bonds. The molecular formula is C18H25NO4. The fourth-order valence-electron chi connectivity index (χ4n) is 2.51. The van der Waals surface area contributed by atoms with Crippen LogP contribution in [-0.2, 0) is 20.7 Å². The molecule has 1 aromatic rings. The quantitative estimate of drug-likeness (QED) is 0.691. The van der Waals surface area contributed by atoms with Gasteiger partial charge in [-0.15, -0.1) is 0 Å². The Morgan fingerprint density at radius 3 is 2.43 bits per heavy atom. The topological polar surface area (TPSA) is 55.8 Å². The number of amides is 1. The van der Waals surface area contributed by atoms with E-state index in [9.17, 15) is 9.59 Å². The first kappa shape index (κ1) is 17.3.